The second-order valence-corrected chi connectivity index (χ2v) is 8.38. The van der Waals surface area contributed by atoms with Gasteiger partial charge in [-0.2, -0.15) is 0 Å². The van der Waals surface area contributed by atoms with E-state index in [1.54, 1.807) is 4.90 Å². The largest absolute Gasteiger partial charge is 0.490 e. The monoisotopic (exact) mass is 420 g/mol. The number of piperazine rings is 1. The second kappa shape index (κ2) is 9.22. The molecule has 2 aromatic rings. The molecule has 0 aliphatic carbocycles. The van der Waals surface area contributed by atoms with E-state index in [1.807, 2.05) is 31.2 Å². The van der Waals surface area contributed by atoms with Crippen LogP contribution < -0.4 is 24.0 Å². The summed E-state index contributed by atoms with van der Waals surface area (Å²) in [6, 6.07) is 11.8. The molecule has 2 aliphatic rings. The zero-order valence-electron chi connectivity index (χ0n) is 16.7. The van der Waals surface area contributed by atoms with Gasteiger partial charge in [0.25, 0.3) is 0 Å². The van der Waals surface area contributed by atoms with Crippen LogP contribution in [0.15, 0.2) is 36.4 Å². The third-order valence-corrected chi connectivity index (χ3v) is 5.88. The van der Waals surface area contributed by atoms with Gasteiger partial charge in [0, 0.05) is 10.6 Å². The minimum Gasteiger partial charge on any atom is -0.490 e. The molecule has 1 atom stereocenters. The van der Waals surface area contributed by atoms with Crippen molar-refractivity contribution in [1.82, 2.24) is 0 Å². The van der Waals surface area contributed by atoms with Crippen molar-refractivity contribution >= 4 is 11.6 Å². The summed E-state index contributed by atoms with van der Waals surface area (Å²) in [5, 5.41) is 11.1. The number of benzene rings is 2. The van der Waals surface area contributed by atoms with E-state index in [9.17, 15) is 5.11 Å². The summed E-state index contributed by atoms with van der Waals surface area (Å²) in [6.45, 7) is 8.57. The first-order valence-electron chi connectivity index (χ1n) is 10.2. The van der Waals surface area contributed by atoms with Crippen molar-refractivity contribution in [1.29, 1.82) is 0 Å². The summed E-state index contributed by atoms with van der Waals surface area (Å²) < 4.78 is 16.6. The average molecular weight is 421 g/mol. The number of nitrogens with one attached hydrogen (secondary N) is 2. The van der Waals surface area contributed by atoms with Crippen LogP contribution in [-0.4, -0.2) is 57.3 Å². The fourth-order valence-electron chi connectivity index (χ4n) is 4.03. The number of aryl methyl sites for hydroxylation is 1. The highest BCUT2D eigenvalue weighted by molar-refractivity contribution is 6.30. The number of ether oxygens (including phenoxy) is 3. The Balaban J connectivity index is 1.19. The summed E-state index contributed by atoms with van der Waals surface area (Å²) in [7, 11) is 0. The second-order valence-electron chi connectivity index (χ2n) is 7.94. The Morgan fingerprint density at radius 2 is 1.79 bits per heavy atom. The van der Waals surface area contributed by atoms with Gasteiger partial charge in [-0.25, -0.2) is 0 Å². The fraction of sp³-hybridized carbons (Fsp3) is 0.455. The van der Waals surface area contributed by atoms with Gasteiger partial charge >= 0.3 is 0 Å². The summed E-state index contributed by atoms with van der Waals surface area (Å²) in [5.41, 5.74) is 2.26. The van der Waals surface area contributed by atoms with Crippen LogP contribution in [0.4, 0.5) is 0 Å². The molecular formula is C22H29ClN2O4+2. The molecular weight excluding hydrogens is 392 g/mol. The number of aliphatic hydroxyl groups is 1. The zero-order valence-corrected chi connectivity index (χ0v) is 17.5. The SMILES string of the molecule is Cc1cc(Cl)ccc1OC[C@@H](O)C[NH+]1CC[NH+](Cc2ccc3c(c2)OCO3)CC1. The fourth-order valence-corrected chi connectivity index (χ4v) is 4.26. The third-order valence-electron chi connectivity index (χ3n) is 5.65. The van der Waals surface area contributed by atoms with Gasteiger partial charge < -0.3 is 29.1 Å². The maximum atomic E-state index is 10.4. The molecule has 156 valence electrons. The Labute approximate surface area is 176 Å². The molecule has 1 fully saturated rings. The first kappa shape index (κ1) is 20.3. The highest BCUT2D eigenvalue weighted by Crippen LogP contribution is 2.32. The minimum atomic E-state index is -0.476. The van der Waals surface area contributed by atoms with E-state index < -0.39 is 6.10 Å². The molecule has 2 aliphatic heterocycles. The molecule has 7 heteroatoms. The Morgan fingerprint density at radius 3 is 2.59 bits per heavy atom. The molecule has 0 bridgehead atoms. The third kappa shape index (κ3) is 5.34. The zero-order chi connectivity index (χ0) is 20.2. The molecule has 6 nitrogen and oxygen atoms in total. The highest BCUT2D eigenvalue weighted by atomic mass is 35.5. The normalized spacial score (nSPS) is 21.8. The van der Waals surface area contributed by atoms with Crippen molar-refractivity contribution in [2.24, 2.45) is 0 Å². The molecule has 3 N–H and O–H groups in total. The van der Waals surface area contributed by atoms with Crippen LogP contribution in [0.25, 0.3) is 0 Å². The molecule has 0 spiro atoms. The predicted molar refractivity (Wildman–Crippen MR) is 110 cm³/mol. The molecule has 1 saturated heterocycles. The lowest BCUT2D eigenvalue weighted by atomic mass is 10.1. The van der Waals surface area contributed by atoms with Crippen LogP contribution in [0, 0.1) is 6.92 Å². The molecule has 0 amide bonds. The van der Waals surface area contributed by atoms with Crippen LogP contribution >= 0.6 is 11.6 Å². The maximum absolute atomic E-state index is 10.4. The van der Waals surface area contributed by atoms with E-state index in [0.29, 0.717) is 25.0 Å². The van der Waals surface area contributed by atoms with Gasteiger partial charge in [-0.3, -0.25) is 0 Å². The van der Waals surface area contributed by atoms with Gasteiger partial charge in [0.1, 0.15) is 57.7 Å². The molecule has 29 heavy (non-hydrogen) atoms. The molecule has 0 unspecified atom stereocenters. The van der Waals surface area contributed by atoms with E-state index in [1.165, 1.54) is 10.5 Å². The highest BCUT2D eigenvalue weighted by Gasteiger charge is 2.26. The molecule has 2 heterocycles. The lowest BCUT2D eigenvalue weighted by molar-refractivity contribution is -1.02. The number of hydrogen-bond acceptors (Lipinski definition) is 4. The Bertz CT molecular complexity index is 840. The number of quaternary nitrogens is 2. The molecule has 4 rings (SSSR count). The number of fused-ring (bicyclic) bond motifs is 1. The van der Waals surface area contributed by atoms with Gasteiger partial charge in [-0.1, -0.05) is 11.6 Å². The van der Waals surface area contributed by atoms with Crippen molar-refractivity contribution in [2.45, 2.75) is 19.6 Å². The van der Waals surface area contributed by atoms with E-state index in [4.69, 9.17) is 25.8 Å². The van der Waals surface area contributed by atoms with Crippen LogP contribution in [0.1, 0.15) is 11.1 Å². The predicted octanol–water partition coefficient (Wildman–Crippen LogP) is 0.100. The van der Waals surface area contributed by atoms with E-state index in [2.05, 4.69) is 12.1 Å². The number of rotatable bonds is 7. The van der Waals surface area contributed by atoms with Gasteiger partial charge in [0.15, 0.2) is 11.5 Å². The van der Waals surface area contributed by atoms with Crippen LogP contribution in [-0.2, 0) is 6.54 Å². The maximum Gasteiger partial charge on any atom is 0.231 e. The van der Waals surface area contributed by atoms with Crippen molar-refractivity contribution in [3.8, 4) is 17.2 Å². The van der Waals surface area contributed by atoms with Crippen LogP contribution in [0.2, 0.25) is 5.02 Å². The van der Waals surface area contributed by atoms with Gasteiger partial charge in [0.2, 0.25) is 6.79 Å². The van der Waals surface area contributed by atoms with Gasteiger partial charge in [0.05, 0.1) is 0 Å². The summed E-state index contributed by atoms with van der Waals surface area (Å²) in [6.07, 6.45) is -0.476. The molecule has 0 saturated carbocycles. The van der Waals surface area contributed by atoms with Crippen molar-refractivity contribution in [3.05, 3.63) is 52.5 Å². The topological polar surface area (TPSA) is 56.8 Å². The van der Waals surface area contributed by atoms with Crippen molar-refractivity contribution < 1.29 is 29.1 Å². The van der Waals surface area contributed by atoms with E-state index in [0.717, 1.165) is 55.5 Å². The van der Waals surface area contributed by atoms with E-state index >= 15 is 0 Å². The Morgan fingerprint density at radius 1 is 1.03 bits per heavy atom. The first-order valence-corrected chi connectivity index (χ1v) is 10.6. The Kier molecular flexibility index (Phi) is 6.45. The number of hydrogen-bond donors (Lipinski definition) is 3. The first-order chi connectivity index (χ1) is 14.1. The number of halogens is 1. The standard InChI is InChI=1S/C22H27ClN2O4/c1-16-10-18(23)3-5-20(16)27-14-19(26)13-25-8-6-24(7-9-25)12-17-2-4-21-22(11-17)29-15-28-21/h2-5,10-11,19,26H,6-9,12-15H2,1H3/p+2/t19-/m0/s1. The van der Waals surface area contributed by atoms with Crippen LogP contribution in [0.3, 0.4) is 0 Å². The molecule has 0 radical (unpaired) electrons. The summed E-state index contributed by atoms with van der Waals surface area (Å²) in [5.74, 6) is 2.47. The average Bonchev–Trinajstić information content (AvgIpc) is 3.17. The Hall–Kier alpha value is -1.99. The van der Waals surface area contributed by atoms with Gasteiger partial charge in [-0.15, -0.1) is 0 Å². The lowest BCUT2D eigenvalue weighted by Crippen LogP contribution is -3.28. The smallest absolute Gasteiger partial charge is 0.231 e. The number of aliphatic hydroxyl groups excluding tert-OH is 1. The summed E-state index contributed by atoms with van der Waals surface area (Å²) >= 11 is 5.97. The summed E-state index contributed by atoms with van der Waals surface area (Å²) in [4.78, 5) is 3.00. The van der Waals surface area contributed by atoms with Crippen molar-refractivity contribution in [3.63, 3.8) is 0 Å². The molecule has 0 aromatic heterocycles. The van der Waals surface area contributed by atoms with E-state index in [-0.39, 0.29) is 0 Å². The quantitative estimate of drug-likeness (QED) is 0.594. The van der Waals surface area contributed by atoms with Crippen LogP contribution in [0.5, 0.6) is 17.2 Å². The minimum absolute atomic E-state index is 0.305. The van der Waals surface area contributed by atoms with Gasteiger partial charge in [-0.05, 0) is 48.9 Å². The van der Waals surface area contributed by atoms with Crippen molar-refractivity contribution in [2.75, 3.05) is 46.1 Å². The molecule has 2 aromatic carbocycles. The lowest BCUT2D eigenvalue weighted by Gasteiger charge is -2.30.